The Bertz CT molecular complexity index is 543. The molecule has 1 rings (SSSR count). The molecular formula is C10H11BrF3NO4S. The maximum atomic E-state index is 11.3. The molecular weight excluding hydrogens is 367 g/mol. The molecule has 0 amide bonds. The standard InChI is InChI=1S/C9H10BrNO.CHF3O3S/c10-8-3-1-7(2-4-8)9(12)5-6-11;2-1(3,4)8(5,6)7/h1-4H,5-6,11H2;(H,5,6,7). The molecule has 0 radical (unpaired) electrons. The zero-order chi connectivity index (χ0) is 16.0. The van der Waals surface area contributed by atoms with Gasteiger partial charge in [-0.1, -0.05) is 28.1 Å². The van der Waals surface area contributed by atoms with E-state index in [1.54, 1.807) is 0 Å². The smallest absolute Gasteiger partial charge is 0.485 e. The van der Waals surface area contributed by atoms with Gasteiger partial charge in [0.15, 0.2) is 15.9 Å². The van der Waals surface area contributed by atoms with Gasteiger partial charge < -0.3 is 10.3 Å². The number of Topliss-reactive ketones (excluding diaryl/α,β-unsaturated/α-hetero) is 1. The van der Waals surface area contributed by atoms with Crippen LogP contribution in [-0.4, -0.2) is 30.8 Å². The van der Waals surface area contributed by atoms with Crippen molar-refractivity contribution in [1.82, 2.24) is 0 Å². The van der Waals surface area contributed by atoms with Gasteiger partial charge in [-0.15, -0.1) is 0 Å². The molecule has 10 heteroatoms. The highest BCUT2D eigenvalue weighted by Gasteiger charge is 2.36. The highest BCUT2D eigenvalue weighted by Crippen LogP contribution is 2.20. The Morgan fingerprint density at radius 1 is 1.25 bits per heavy atom. The van der Waals surface area contributed by atoms with Crippen LogP contribution in [0.15, 0.2) is 28.7 Å². The van der Waals surface area contributed by atoms with Crippen molar-refractivity contribution < 1.29 is 36.7 Å². The topological polar surface area (TPSA) is 102 Å². The van der Waals surface area contributed by atoms with Crippen molar-refractivity contribution in [2.45, 2.75) is 11.9 Å². The fourth-order valence-electron chi connectivity index (χ4n) is 0.941. The minimum absolute atomic E-state index is 0.164. The summed E-state index contributed by atoms with van der Waals surface area (Å²) in [5.74, 6) is 0.164. The van der Waals surface area contributed by atoms with Gasteiger partial charge in [0.05, 0.1) is 13.0 Å². The van der Waals surface area contributed by atoms with Crippen molar-refractivity contribution in [1.29, 1.82) is 0 Å². The van der Waals surface area contributed by atoms with Crippen molar-refractivity contribution in [2.24, 2.45) is 0 Å². The number of carbonyl (C=O) groups is 1. The predicted molar refractivity (Wildman–Crippen MR) is 66.6 cm³/mol. The van der Waals surface area contributed by atoms with E-state index in [0.717, 1.165) is 10.0 Å². The SMILES string of the molecule is O=S(=O)([O-])C(F)(F)F.[NH3+]CCC(=O)c1ccc(Br)cc1. The number of hydrogen-bond donors (Lipinski definition) is 1. The number of benzene rings is 1. The predicted octanol–water partition coefficient (Wildman–Crippen LogP) is 1.32. The summed E-state index contributed by atoms with van der Waals surface area (Å²) in [7, 11) is -6.09. The second-order valence-electron chi connectivity index (χ2n) is 3.43. The monoisotopic (exact) mass is 377 g/mol. The molecule has 114 valence electrons. The Hall–Kier alpha value is -0.970. The van der Waals surface area contributed by atoms with Crippen LogP contribution in [0.4, 0.5) is 13.2 Å². The number of halogens is 4. The Labute approximate surface area is 121 Å². The second kappa shape index (κ2) is 7.72. The first-order chi connectivity index (χ1) is 8.99. The summed E-state index contributed by atoms with van der Waals surface area (Å²) >= 11 is 3.31. The number of alkyl halides is 3. The van der Waals surface area contributed by atoms with Crippen LogP contribution in [0.1, 0.15) is 16.8 Å². The van der Waals surface area contributed by atoms with Gasteiger partial charge in [0.25, 0.3) is 0 Å². The normalized spacial score (nSPS) is 11.5. The molecule has 0 heterocycles. The lowest BCUT2D eigenvalue weighted by atomic mass is 10.1. The van der Waals surface area contributed by atoms with Crippen LogP contribution in [-0.2, 0) is 10.1 Å². The molecule has 0 atom stereocenters. The molecule has 0 aliphatic carbocycles. The largest absolute Gasteiger partial charge is 0.741 e. The highest BCUT2D eigenvalue weighted by molar-refractivity contribution is 9.10. The van der Waals surface area contributed by atoms with Crippen molar-refractivity contribution in [3.8, 4) is 0 Å². The van der Waals surface area contributed by atoms with E-state index in [9.17, 15) is 18.0 Å². The van der Waals surface area contributed by atoms with Gasteiger partial charge >= 0.3 is 5.51 Å². The number of quaternary nitrogens is 1. The van der Waals surface area contributed by atoms with Crippen molar-refractivity contribution in [2.75, 3.05) is 6.54 Å². The summed E-state index contributed by atoms with van der Waals surface area (Å²) in [6.45, 7) is 0.662. The van der Waals surface area contributed by atoms with Crippen LogP contribution in [0.25, 0.3) is 0 Å². The van der Waals surface area contributed by atoms with E-state index in [-0.39, 0.29) is 5.78 Å². The number of carbonyl (C=O) groups excluding carboxylic acids is 1. The fraction of sp³-hybridized carbons (Fsp3) is 0.300. The van der Waals surface area contributed by atoms with E-state index in [1.807, 2.05) is 24.3 Å². The van der Waals surface area contributed by atoms with Gasteiger partial charge in [0, 0.05) is 10.0 Å². The van der Waals surface area contributed by atoms with Crippen LogP contribution in [0.5, 0.6) is 0 Å². The number of rotatable bonds is 3. The molecule has 0 aromatic heterocycles. The quantitative estimate of drug-likeness (QED) is 0.487. The minimum atomic E-state index is -6.09. The zero-order valence-corrected chi connectivity index (χ0v) is 12.4. The third kappa shape index (κ3) is 6.98. The van der Waals surface area contributed by atoms with Gasteiger partial charge in [-0.25, -0.2) is 8.42 Å². The van der Waals surface area contributed by atoms with Gasteiger partial charge in [-0.2, -0.15) is 13.2 Å². The Balaban J connectivity index is 0.000000396. The first kappa shape index (κ1) is 19.0. The van der Waals surface area contributed by atoms with E-state index >= 15 is 0 Å². The molecule has 20 heavy (non-hydrogen) atoms. The lowest BCUT2D eigenvalue weighted by Gasteiger charge is -2.08. The summed E-state index contributed by atoms with van der Waals surface area (Å²) in [6, 6.07) is 7.39. The van der Waals surface area contributed by atoms with E-state index in [1.165, 1.54) is 0 Å². The molecule has 3 N–H and O–H groups in total. The minimum Gasteiger partial charge on any atom is -0.741 e. The molecule has 0 bridgehead atoms. The van der Waals surface area contributed by atoms with E-state index in [0.29, 0.717) is 13.0 Å². The maximum absolute atomic E-state index is 11.3. The summed E-state index contributed by atoms with van der Waals surface area (Å²) in [4.78, 5) is 11.3. The van der Waals surface area contributed by atoms with E-state index in [4.69, 9.17) is 13.0 Å². The van der Waals surface area contributed by atoms with Crippen LogP contribution >= 0.6 is 15.9 Å². The third-order valence-corrected chi connectivity index (χ3v) is 2.95. The Morgan fingerprint density at radius 3 is 1.95 bits per heavy atom. The molecule has 0 fully saturated rings. The average Bonchev–Trinajstić information content (AvgIpc) is 2.28. The second-order valence-corrected chi connectivity index (χ2v) is 5.72. The van der Waals surface area contributed by atoms with Crippen LogP contribution in [0.2, 0.25) is 0 Å². The summed E-state index contributed by atoms with van der Waals surface area (Å²) in [5.41, 5.74) is -1.24. The molecule has 1 aromatic carbocycles. The number of ketones is 1. The van der Waals surface area contributed by atoms with E-state index < -0.39 is 15.6 Å². The zero-order valence-electron chi connectivity index (χ0n) is 9.98. The molecule has 0 spiro atoms. The highest BCUT2D eigenvalue weighted by atomic mass is 79.9. The summed E-state index contributed by atoms with van der Waals surface area (Å²) < 4.78 is 59.9. The van der Waals surface area contributed by atoms with Gasteiger partial charge in [-0.3, -0.25) is 4.79 Å². The molecule has 0 aliphatic heterocycles. The van der Waals surface area contributed by atoms with Gasteiger partial charge in [-0.05, 0) is 12.1 Å². The molecule has 5 nitrogen and oxygen atoms in total. The van der Waals surface area contributed by atoms with Crippen LogP contribution in [0.3, 0.4) is 0 Å². The lowest BCUT2D eigenvalue weighted by molar-refractivity contribution is -0.365. The molecule has 0 saturated carbocycles. The third-order valence-electron chi connectivity index (χ3n) is 1.85. The van der Waals surface area contributed by atoms with Crippen molar-refractivity contribution >= 4 is 31.8 Å². The van der Waals surface area contributed by atoms with Crippen LogP contribution < -0.4 is 5.73 Å². The van der Waals surface area contributed by atoms with Gasteiger partial charge in [0.1, 0.15) is 0 Å². The van der Waals surface area contributed by atoms with Crippen LogP contribution in [0, 0.1) is 0 Å². The Kier molecular flexibility index (Phi) is 7.34. The lowest BCUT2D eigenvalue weighted by Crippen LogP contribution is -2.50. The van der Waals surface area contributed by atoms with E-state index in [2.05, 4.69) is 21.7 Å². The van der Waals surface area contributed by atoms with Crippen molar-refractivity contribution in [3.63, 3.8) is 0 Å². The fourth-order valence-corrected chi connectivity index (χ4v) is 1.21. The first-order valence-electron chi connectivity index (χ1n) is 5.09. The first-order valence-corrected chi connectivity index (χ1v) is 7.29. The number of hydrogen-bond acceptors (Lipinski definition) is 4. The molecule has 0 aliphatic rings. The average molecular weight is 378 g/mol. The molecule has 0 saturated heterocycles. The summed E-state index contributed by atoms with van der Waals surface area (Å²) in [6.07, 6.45) is 0.529. The summed E-state index contributed by atoms with van der Waals surface area (Å²) in [5, 5.41) is 0. The Morgan fingerprint density at radius 2 is 1.65 bits per heavy atom. The van der Waals surface area contributed by atoms with Gasteiger partial charge in [0.2, 0.25) is 0 Å². The molecule has 0 unspecified atom stereocenters. The maximum Gasteiger partial charge on any atom is 0.485 e. The molecule has 1 aromatic rings. The van der Waals surface area contributed by atoms with Crippen molar-refractivity contribution in [3.05, 3.63) is 34.3 Å².